The minimum atomic E-state index is -0.111. The molecule has 1 aliphatic rings. The van der Waals surface area contributed by atoms with Crippen molar-refractivity contribution in [1.29, 1.82) is 0 Å². The summed E-state index contributed by atoms with van der Waals surface area (Å²) in [4.78, 5) is 17.0. The first-order valence-corrected chi connectivity index (χ1v) is 10.1. The van der Waals surface area contributed by atoms with Gasteiger partial charge in [-0.05, 0) is 47.9 Å². The van der Waals surface area contributed by atoms with Gasteiger partial charge in [-0.3, -0.25) is 9.69 Å². The molecule has 0 aliphatic carbocycles. The number of nitrogens with one attached hydrogen (secondary N) is 1. The highest BCUT2D eigenvalue weighted by Crippen LogP contribution is 2.16. The minimum Gasteiger partial charge on any atom is -0.323 e. The van der Waals surface area contributed by atoms with Crippen LogP contribution in [0.2, 0.25) is 0 Å². The largest absolute Gasteiger partial charge is 0.323 e. The molecule has 4 heteroatoms. The van der Waals surface area contributed by atoms with E-state index < -0.39 is 0 Å². The van der Waals surface area contributed by atoms with Crippen LogP contribution < -0.4 is 5.32 Å². The highest BCUT2D eigenvalue weighted by molar-refractivity contribution is 6.01. The lowest BCUT2D eigenvalue weighted by atomic mass is 10.0. The maximum absolute atomic E-state index is 12.2. The zero-order valence-corrected chi connectivity index (χ0v) is 17.2. The van der Waals surface area contributed by atoms with E-state index in [9.17, 15) is 4.79 Å². The van der Waals surface area contributed by atoms with E-state index in [1.165, 1.54) is 11.1 Å². The minimum absolute atomic E-state index is 0.111. The summed E-state index contributed by atoms with van der Waals surface area (Å²) in [7, 11) is 2.17. The number of anilines is 1. The van der Waals surface area contributed by atoms with Crippen LogP contribution in [-0.2, 0) is 11.3 Å². The van der Waals surface area contributed by atoms with E-state index in [4.69, 9.17) is 0 Å². The van der Waals surface area contributed by atoms with Gasteiger partial charge in [0.15, 0.2) is 0 Å². The molecule has 0 spiro atoms. The van der Waals surface area contributed by atoms with Gasteiger partial charge in [0.1, 0.15) is 0 Å². The first kappa shape index (κ1) is 20.3. The molecule has 1 saturated heterocycles. The molecule has 0 saturated carbocycles. The van der Waals surface area contributed by atoms with Gasteiger partial charge in [0.2, 0.25) is 5.91 Å². The molecule has 0 radical (unpaired) electrons. The van der Waals surface area contributed by atoms with Gasteiger partial charge in [-0.2, -0.15) is 0 Å². The van der Waals surface area contributed by atoms with Gasteiger partial charge in [-0.25, -0.2) is 0 Å². The zero-order valence-electron chi connectivity index (χ0n) is 17.2. The van der Waals surface area contributed by atoms with E-state index in [0.29, 0.717) is 5.92 Å². The highest BCUT2D eigenvalue weighted by Gasteiger charge is 2.13. The highest BCUT2D eigenvalue weighted by atomic mass is 16.1. The number of carbonyl (C=O) groups excluding carboxylic acids is 1. The average molecular weight is 378 g/mol. The van der Waals surface area contributed by atoms with Crippen molar-refractivity contribution in [1.82, 2.24) is 9.80 Å². The molecule has 148 valence electrons. The summed E-state index contributed by atoms with van der Waals surface area (Å²) in [5, 5.41) is 2.93. The first-order chi connectivity index (χ1) is 13.5. The molecular weight excluding hydrogens is 346 g/mol. The maximum atomic E-state index is 12.2. The lowest BCUT2D eigenvalue weighted by Crippen LogP contribution is -2.43. The van der Waals surface area contributed by atoms with Crippen molar-refractivity contribution in [3.8, 4) is 0 Å². The number of hydrogen-bond acceptors (Lipinski definition) is 3. The Kier molecular flexibility index (Phi) is 7.01. The van der Waals surface area contributed by atoms with Crippen molar-refractivity contribution in [2.24, 2.45) is 0 Å². The van der Waals surface area contributed by atoms with Gasteiger partial charge < -0.3 is 10.2 Å². The van der Waals surface area contributed by atoms with Crippen molar-refractivity contribution in [2.75, 3.05) is 38.5 Å². The van der Waals surface area contributed by atoms with Crippen molar-refractivity contribution in [2.45, 2.75) is 26.3 Å². The van der Waals surface area contributed by atoms with Crippen LogP contribution in [0.3, 0.4) is 0 Å². The van der Waals surface area contributed by atoms with E-state index in [1.54, 1.807) is 6.08 Å². The Morgan fingerprint density at radius 2 is 1.64 bits per heavy atom. The SMILES string of the molecule is CC(C)c1ccc(/C=C/C(=O)Nc2ccc(CN3CCN(C)CC3)cc2)cc1. The molecule has 28 heavy (non-hydrogen) atoms. The van der Waals surface area contributed by atoms with Gasteiger partial charge in [-0.15, -0.1) is 0 Å². The summed E-state index contributed by atoms with van der Waals surface area (Å²) < 4.78 is 0. The van der Waals surface area contributed by atoms with Crippen molar-refractivity contribution in [3.63, 3.8) is 0 Å². The molecule has 1 heterocycles. The summed E-state index contributed by atoms with van der Waals surface area (Å²) in [6.07, 6.45) is 3.43. The van der Waals surface area contributed by atoms with Crippen LogP contribution in [-0.4, -0.2) is 48.9 Å². The Balaban J connectivity index is 1.49. The summed E-state index contributed by atoms with van der Waals surface area (Å²) in [5.74, 6) is 0.403. The Labute approximate surface area is 168 Å². The number of carbonyl (C=O) groups is 1. The van der Waals surface area contributed by atoms with Crippen molar-refractivity contribution < 1.29 is 4.79 Å². The van der Waals surface area contributed by atoms with Gasteiger partial charge in [0.25, 0.3) is 0 Å². The van der Waals surface area contributed by atoms with Crippen molar-refractivity contribution in [3.05, 3.63) is 71.3 Å². The lowest BCUT2D eigenvalue weighted by Gasteiger charge is -2.32. The molecule has 0 unspecified atom stereocenters. The molecule has 2 aromatic carbocycles. The second-order valence-corrected chi connectivity index (χ2v) is 7.92. The molecular formula is C24H31N3O. The molecule has 1 amide bonds. The summed E-state index contributed by atoms with van der Waals surface area (Å²) in [6, 6.07) is 16.5. The standard InChI is InChI=1S/C24H31N3O/c1-19(2)22-9-4-20(5-10-22)8-13-24(28)25-23-11-6-21(7-12-23)18-27-16-14-26(3)15-17-27/h4-13,19H,14-18H2,1-3H3,(H,25,28)/b13-8+. The number of benzene rings is 2. The average Bonchev–Trinajstić information content (AvgIpc) is 2.70. The fraction of sp³-hybridized carbons (Fsp3) is 0.375. The second-order valence-electron chi connectivity index (χ2n) is 7.92. The normalized spacial score (nSPS) is 16.0. The fourth-order valence-electron chi connectivity index (χ4n) is 3.31. The van der Waals surface area contributed by atoms with Gasteiger partial charge in [-0.1, -0.05) is 50.2 Å². The van der Waals surface area contributed by atoms with E-state index in [1.807, 2.05) is 30.3 Å². The number of likely N-dealkylation sites (N-methyl/N-ethyl adjacent to an activating group) is 1. The molecule has 4 nitrogen and oxygen atoms in total. The molecule has 1 aliphatic heterocycles. The molecule has 3 rings (SSSR count). The van der Waals surface area contributed by atoms with Crippen molar-refractivity contribution >= 4 is 17.7 Å². The Hall–Kier alpha value is -2.43. The Morgan fingerprint density at radius 1 is 1.00 bits per heavy atom. The van der Waals surface area contributed by atoms with E-state index in [-0.39, 0.29) is 5.91 Å². The van der Waals surface area contributed by atoms with Crippen LogP contribution in [0, 0.1) is 0 Å². The third-order valence-corrected chi connectivity index (χ3v) is 5.25. The predicted molar refractivity (Wildman–Crippen MR) is 117 cm³/mol. The third kappa shape index (κ3) is 6.04. The van der Waals surface area contributed by atoms with Crippen LogP contribution in [0.1, 0.15) is 36.5 Å². The van der Waals surface area contributed by atoms with E-state index in [0.717, 1.165) is 44.0 Å². The monoisotopic (exact) mass is 377 g/mol. The number of rotatable bonds is 6. The fourth-order valence-corrected chi connectivity index (χ4v) is 3.31. The third-order valence-electron chi connectivity index (χ3n) is 5.25. The Morgan fingerprint density at radius 3 is 2.25 bits per heavy atom. The Bertz CT molecular complexity index is 786. The summed E-state index contributed by atoms with van der Waals surface area (Å²) >= 11 is 0. The van der Waals surface area contributed by atoms with Crippen LogP contribution in [0.4, 0.5) is 5.69 Å². The van der Waals surface area contributed by atoms with Gasteiger partial charge >= 0.3 is 0 Å². The summed E-state index contributed by atoms with van der Waals surface area (Å²) in [6.45, 7) is 9.79. The lowest BCUT2D eigenvalue weighted by molar-refractivity contribution is -0.111. The van der Waals surface area contributed by atoms with Gasteiger partial charge in [0.05, 0.1) is 0 Å². The van der Waals surface area contributed by atoms with Crippen LogP contribution in [0.15, 0.2) is 54.6 Å². The first-order valence-electron chi connectivity index (χ1n) is 10.1. The molecule has 0 aromatic heterocycles. The van der Waals surface area contributed by atoms with Crippen LogP contribution in [0.25, 0.3) is 6.08 Å². The van der Waals surface area contributed by atoms with E-state index >= 15 is 0 Å². The molecule has 0 atom stereocenters. The summed E-state index contributed by atoms with van der Waals surface area (Å²) in [5.41, 5.74) is 4.44. The van der Waals surface area contributed by atoms with Gasteiger partial charge in [0, 0.05) is 44.5 Å². The zero-order chi connectivity index (χ0) is 19.9. The van der Waals surface area contributed by atoms with E-state index in [2.05, 4.69) is 60.3 Å². The number of piperazine rings is 1. The molecule has 2 aromatic rings. The van der Waals surface area contributed by atoms with Crippen LogP contribution >= 0.6 is 0 Å². The molecule has 1 N–H and O–H groups in total. The maximum Gasteiger partial charge on any atom is 0.248 e. The van der Waals surface area contributed by atoms with Crippen LogP contribution in [0.5, 0.6) is 0 Å². The second kappa shape index (κ2) is 9.67. The predicted octanol–water partition coefficient (Wildman–Crippen LogP) is 4.21. The smallest absolute Gasteiger partial charge is 0.248 e. The number of hydrogen-bond donors (Lipinski definition) is 1. The topological polar surface area (TPSA) is 35.6 Å². The quantitative estimate of drug-likeness (QED) is 0.766. The molecule has 0 bridgehead atoms. The number of amides is 1. The number of nitrogens with zero attached hydrogens (tertiary/aromatic N) is 2. The molecule has 1 fully saturated rings.